The molecule has 0 unspecified atom stereocenters. The Hall–Kier alpha value is -2.89. The van der Waals surface area contributed by atoms with Crippen molar-refractivity contribution in [3.63, 3.8) is 0 Å². The summed E-state index contributed by atoms with van der Waals surface area (Å²) in [7, 11) is 0. The summed E-state index contributed by atoms with van der Waals surface area (Å²) in [4.78, 5) is 18.1. The van der Waals surface area contributed by atoms with E-state index in [1.165, 1.54) is 23.8 Å². The van der Waals surface area contributed by atoms with Gasteiger partial charge in [-0.15, -0.1) is 5.10 Å². The molecule has 0 bridgehead atoms. The third-order valence-electron chi connectivity index (χ3n) is 6.22. The zero-order valence-corrected chi connectivity index (χ0v) is 16.6. The highest BCUT2D eigenvalue weighted by Gasteiger charge is 2.27. The van der Waals surface area contributed by atoms with Crippen LogP contribution < -0.4 is 10.2 Å². The Morgan fingerprint density at radius 3 is 2.66 bits per heavy atom. The van der Waals surface area contributed by atoms with Gasteiger partial charge in [-0.3, -0.25) is 4.79 Å². The second-order valence-corrected chi connectivity index (χ2v) is 8.25. The predicted molar refractivity (Wildman–Crippen MR) is 114 cm³/mol. The number of hydrogen-bond acceptors (Lipinski definition) is 4. The smallest absolute Gasteiger partial charge is 0.223 e. The molecule has 1 saturated carbocycles. The number of nitrogens with one attached hydrogen (secondary N) is 2. The van der Waals surface area contributed by atoms with E-state index in [1.54, 1.807) is 0 Å². The molecule has 1 aliphatic carbocycles. The standard InChI is InChI=1S/C23H27N5O/c29-23(24-12-9-18-15-25-21-4-2-1-3-19(18)21)17-10-13-28(14-11-17)22-8-7-20(26-27-22)16-5-6-16/h1-4,7-8,15-17,25H,5-6,9-14H2,(H,24,29). The summed E-state index contributed by atoms with van der Waals surface area (Å²) in [5.41, 5.74) is 3.52. The molecule has 1 aromatic carbocycles. The fraction of sp³-hybridized carbons (Fsp3) is 0.435. The van der Waals surface area contributed by atoms with Crippen molar-refractivity contribution in [3.05, 3.63) is 53.9 Å². The molecule has 1 saturated heterocycles. The van der Waals surface area contributed by atoms with Crippen LogP contribution in [0.25, 0.3) is 10.9 Å². The average molecular weight is 390 g/mol. The van der Waals surface area contributed by atoms with E-state index in [0.29, 0.717) is 12.5 Å². The lowest BCUT2D eigenvalue weighted by Crippen LogP contribution is -2.41. The third-order valence-corrected chi connectivity index (χ3v) is 6.22. The van der Waals surface area contributed by atoms with E-state index in [1.807, 2.05) is 12.3 Å². The van der Waals surface area contributed by atoms with Gasteiger partial charge in [0.15, 0.2) is 5.82 Å². The van der Waals surface area contributed by atoms with Crippen LogP contribution in [0, 0.1) is 5.92 Å². The lowest BCUT2D eigenvalue weighted by Gasteiger charge is -2.31. The van der Waals surface area contributed by atoms with Gasteiger partial charge in [-0.05, 0) is 55.9 Å². The number of anilines is 1. The van der Waals surface area contributed by atoms with Crippen molar-refractivity contribution in [2.75, 3.05) is 24.5 Å². The number of carbonyl (C=O) groups is 1. The number of piperidine rings is 1. The minimum Gasteiger partial charge on any atom is -0.361 e. The first-order valence-corrected chi connectivity index (χ1v) is 10.7. The molecular formula is C23H27N5O. The maximum atomic E-state index is 12.6. The Labute approximate surface area is 170 Å². The fourth-order valence-electron chi connectivity index (χ4n) is 4.27. The average Bonchev–Trinajstić information content (AvgIpc) is 3.55. The normalized spacial score (nSPS) is 17.6. The first-order chi connectivity index (χ1) is 14.3. The van der Waals surface area contributed by atoms with Gasteiger partial charge in [-0.2, -0.15) is 5.10 Å². The summed E-state index contributed by atoms with van der Waals surface area (Å²) in [6.07, 6.45) is 7.11. The fourth-order valence-corrected chi connectivity index (χ4v) is 4.27. The molecule has 0 spiro atoms. The molecule has 3 aromatic rings. The van der Waals surface area contributed by atoms with Crippen molar-refractivity contribution < 1.29 is 4.79 Å². The molecule has 2 aromatic heterocycles. The van der Waals surface area contributed by atoms with Crippen LogP contribution in [0.15, 0.2) is 42.6 Å². The van der Waals surface area contributed by atoms with Crippen molar-refractivity contribution in [2.45, 2.75) is 38.0 Å². The Morgan fingerprint density at radius 2 is 1.90 bits per heavy atom. The third kappa shape index (κ3) is 3.97. The van der Waals surface area contributed by atoms with E-state index in [2.05, 4.69) is 55.7 Å². The van der Waals surface area contributed by atoms with E-state index in [4.69, 9.17) is 0 Å². The van der Waals surface area contributed by atoms with Crippen LogP contribution >= 0.6 is 0 Å². The van der Waals surface area contributed by atoms with Gasteiger partial charge in [0.05, 0.1) is 5.69 Å². The molecular weight excluding hydrogens is 362 g/mol. The quantitative estimate of drug-likeness (QED) is 0.678. The molecule has 1 aliphatic heterocycles. The van der Waals surface area contributed by atoms with Crippen molar-refractivity contribution in [3.8, 4) is 0 Å². The van der Waals surface area contributed by atoms with Crippen molar-refractivity contribution in [2.24, 2.45) is 5.92 Å². The molecule has 0 atom stereocenters. The number of aromatic amines is 1. The predicted octanol–water partition coefficient (Wildman–Crippen LogP) is 3.41. The Balaban J connectivity index is 1.09. The minimum absolute atomic E-state index is 0.0907. The molecule has 2 aliphatic rings. The van der Waals surface area contributed by atoms with Crippen LogP contribution in [-0.2, 0) is 11.2 Å². The summed E-state index contributed by atoms with van der Waals surface area (Å²) in [6.45, 7) is 2.39. The SMILES string of the molecule is O=C(NCCc1c[nH]c2ccccc12)C1CCN(c2ccc(C3CC3)nn2)CC1. The van der Waals surface area contributed by atoms with Gasteiger partial charge in [0.25, 0.3) is 0 Å². The summed E-state index contributed by atoms with van der Waals surface area (Å²) >= 11 is 0. The molecule has 3 heterocycles. The van der Waals surface area contributed by atoms with Crippen LogP contribution in [-0.4, -0.2) is 40.7 Å². The van der Waals surface area contributed by atoms with E-state index in [-0.39, 0.29) is 11.8 Å². The summed E-state index contributed by atoms with van der Waals surface area (Å²) in [6, 6.07) is 12.5. The van der Waals surface area contributed by atoms with Gasteiger partial charge in [0, 0.05) is 48.6 Å². The van der Waals surface area contributed by atoms with Crippen LogP contribution in [0.1, 0.15) is 42.9 Å². The van der Waals surface area contributed by atoms with Gasteiger partial charge < -0.3 is 15.2 Å². The van der Waals surface area contributed by atoms with Crippen molar-refractivity contribution in [1.29, 1.82) is 0 Å². The lowest BCUT2D eigenvalue weighted by atomic mass is 9.96. The highest BCUT2D eigenvalue weighted by molar-refractivity contribution is 5.83. The van der Waals surface area contributed by atoms with Crippen LogP contribution in [0.5, 0.6) is 0 Å². The molecule has 1 amide bonds. The van der Waals surface area contributed by atoms with Gasteiger partial charge in [-0.25, -0.2) is 0 Å². The first-order valence-electron chi connectivity index (χ1n) is 10.7. The zero-order chi connectivity index (χ0) is 19.6. The summed E-state index contributed by atoms with van der Waals surface area (Å²) < 4.78 is 0. The molecule has 0 radical (unpaired) electrons. The second-order valence-electron chi connectivity index (χ2n) is 8.25. The molecule has 5 rings (SSSR count). The molecule has 150 valence electrons. The number of aromatic nitrogens is 3. The highest BCUT2D eigenvalue weighted by atomic mass is 16.1. The molecule has 2 N–H and O–H groups in total. The van der Waals surface area contributed by atoms with E-state index in [9.17, 15) is 4.79 Å². The van der Waals surface area contributed by atoms with Crippen LogP contribution in [0.4, 0.5) is 5.82 Å². The van der Waals surface area contributed by atoms with Gasteiger partial charge in [0.1, 0.15) is 0 Å². The summed E-state index contributed by atoms with van der Waals surface area (Å²) in [5.74, 6) is 1.84. The van der Waals surface area contributed by atoms with Crippen LogP contribution in [0.2, 0.25) is 0 Å². The van der Waals surface area contributed by atoms with Gasteiger partial charge in [0.2, 0.25) is 5.91 Å². The molecule has 6 heteroatoms. The Bertz CT molecular complexity index is 984. The largest absolute Gasteiger partial charge is 0.361 e. The van der Waals surface area contributed by atoms with Crippen molar-refractivity contribution in [1.82, 2.24) is 20.5 Å². The van der Waals surface area contributed by atoms with E-state index >= 15 is 0 Å². The highest BCUT2D eigenvalue weighted by Crippen LogP contribution is 2.38. The number of fused-ring (bicyclic) bond motifs is 1. The second kappa shape index (κ2) is 7.85. The van der Waals surface area contributed by atoms with E-state index in [0.717, 1.165) is 49.4 Å². The minimum atomic E-state index is 0.0907. The molecule has 6 nitrogen and oxygen atoms in total. The maximum absolute atomic E-state index is 12.6. The number of para-hydroxylation sites is 1. The maximum Gasteiger partial charge on any atom is 0.223 e. The number of rotatable bonds is 6. The molecule has 2 fully saturated rings. The van der Waals surface area contributed by atoms with Gasteiger partial charge >= 0.3 is 0 Å². The topological polar surface area (TPSA) is 73.9 Å². The van der Waals surface area contributed by atoms with Crippen molar-refractivity contribution >= 4 is 22.6 Å². The summed E-state index contributed by atoms with van der Waals surface area (Å²) in [5, 5.41) is 13.2. The number of carbonyl (C=O) groups excluding carboxylic acids is 1. The Morgan fingerprint density at radius 1 is 1.07 bits per heavy atom. The lowest BCUT2D eigenvalue weighted by molar-refractivity contribution is -0.125. The number of nitrogens with zero attached hydrogens (tertiary/aromatic N) is 3. The van der Waals surface area contributed by atoms with Gasteiger partial charge in [-0.1, -0.05) is 18.2 Å². The van der Waals surface area contributed by atoms with Crippen LogP contribution in [0.3, 0.4) is 0 Å². The number of benzene rings is 1. The number of amides is 1. The number of hydrogen-bond donors (Lipinski definition) is 2. The Kier molecular flexibility index (Phi) is 4.92. The first kappa shape index (κ1) is 18.2. The monoisotopic (exact) mass is 389 g/mol. The van der Waals surface area contributed by atoms with E-state index < -0.39 is 0 Å². The zero-order valence-electron chi connectivity index (χ0n) is 16.6. The number of H-pyrrole nitrogens is 1. The molecule has 29 heavy (non-hydrogen) atoms.